The second-order valence-electron chi connectivity index (χ2n) is 6.70. The Balaban J connectivity index is 1.72. The molecule has 27 heavy (non-hydrogen) atoms. The van der Waals surface area contributed by atoms with Gasteiger partial charge in [0, 0.05) is 0 Å². The van der Waals surface area contributed by atoms with Gasteiger partial charge in [-0.1, -0.05) is 23.4 Å². The van der Waals surface area contributed by atoms with E-state index in [0.29, 0.717) is 23.7 Å². The number of para-hydroxylation sites is 2. The van der Waals surface area contributed by atoms with Gasteiger partial charge in [-0.25, -0.2) is 9.91 Å². The minimum Gasteiger partial charge on any atom is -0.492 e. The van der Waals surface area contributed by atoms with E-state index in [4.69, 9.17) is 4.74 Å². The predicted molar refractivity (Wildman–Crippen MR) is 101 cm³/mol. The van der Waals surface area contributed by atoms with Gasteiger partial charge in [0.1, 0.15) is 11.4 Å². The second kappa shape index (κ2) is 6.50. The lowest BCUT2D eigenvalue weighted by Gasteiger charge is -2.22. The lowest BCUT2D eigenvalue weighted by Crippen LogP contribution is -2.40. The molecule has 138 valence electrons. The van der Waals surface area contributed by atoms with Gasteiger partial charge in [0.05, 0.1) is 12.3 Å². The summed E-state index contributed by atoms with van der Waals surface area (Å²) in [4.78, 5) is 27.3. The molecule has 0 N–H and O–H groups in total. The zero-order valence-electron chi connectivity index (χ0n) is 15.4. The summed E-state index contributed by atoms with van der Waals surface area (Å²) in [6.45, 7) is 6.24. The van der Waals surface area contributed by atoms with Crippen LogP contribution < -0.4 is 14.6 Å². The number of carbonyl (C=O) groups is 2. The van der Waals surface area contributed by atoms with Crippen molar-refractivity contribution in [3.05, 3.63) is 53.6 Å². The van der Waals surface area contributed by atoms with Crippen molar-refractivity contribution in [3.8, 4) is 5.75 Å². The van der Waals surface area contributed by atoms with E-state index < -0.39 is 12.1 Å². The third kappa shape index (κ3) is 2.75. The molecule has 7 nitrogen and oxygen atoms in total. The Hall–Kier alpha value is -3.22. The van der Waals surface area contributed by atoms with Crippen molar-refractivity contribution in [1.82, 2.24) is 0 Å². The van der Waals surface area contributed by atoms with Gasteiger partial charge in [0.2, 0.25) is 0 Å². The fourth-order valence-corrected chi connectivity index (χ4v) is 3.62. The summed E-state index contributed by atoms with van der Waals surface area (Å²) in [6.07, 6.45) is 0. The Kier molecular flexibility index (Phi) is 4.14. The molecule has 0 unspecified atom stereocenters. The number of amides is 2. The number of fused-ring (bicyclic) bond motifs is 1. The van der Waals surface area contributed by atoms with Crippen LogP contribution in [0.5, 0.6) is 5.75 Å². The van der Waals surface area contributed by atoms with Gasteiger partial charge in [-0.2, -0.15) is 5.11 Å². The number of carbonyl (C=O) groups excluding carboxylic acids is 2. The molecule has 0 aliphatic carbocycles. The van der Waals surface area contributed by atoms with Crippen LogP contribution in [0, 0.1) is 13.8 Å². The summed E-state index contributed by atoms with van der Waals surface area (Å²) < 4.78 is 5.65. The highest BCUT2D eigenvalue weighted by Crippen LogP contribution is 2.38. The highest BCUT2D eigenvalue weighted by atomic mass is 16.5. The normalized spacial score (nSPS) is 21.1. The number of hydrogen-bond donors (Lipinski definition) is 0. The standard InChI is InChI=1S/C20H20N4O3/c1-4-27-16-8-6-5-7-15(16)24-18-17(21-22-24)19(25)23(20(18)26)14-10-12(2)9-13(3)11-14/h5-11,17-18H,4H2,1-3H3/t17-,18-/m0/s1. The van der Waals surface area contributed by atoms with Crippen molar-refractivity contribution in [1.29, 1.82) is 0 Å². The minimum atomic E-state index is -0.840. The van der Waals surface area contributed by atoms with Gasteiger partial charge in [-0.05, 0) is 56.2 Å². The Morgan fingerprint density at radius 3 is 2.44 bits per heavy atom. The third-order valence-electron chi connectivity index (χ3n) is 4.66. The van der Waals surface area contributed by atoms with Crippen molar-refractivity contribution in [2.24, 2.45) is 10.3 Å². The van der Waals surface area contributed by atoms with Crippen molar-refractivity contribution in [2.45, 2.75) is 32.9 Å². The molecule has 2 aromatic carbocycles. The van der Waals surface area contributed by atoms with E-state index in [9.17, 15) is 9.59 Å². The average Bonchev–Trinajstić information content (AvgIpc) is 3.15. The third-order valence-corrected chi connectivity index (χ3v) is 4.66. The summed E-state index contributed by atoms with van der Waals surface area (Å²) in [7, 11) is 0. The molecule has 1 fully saturated rings. The molecule has 2 aliphatic rings. The van der Waals surface area contributed by atoms with Gasteiger partial charge < -0.3 is 4.74 Å². The number of aryl methyl sites for hydroxylation is 2. The summed E-state index contributed by atoms with van der Waals surface area (Å²) >= 11 is 0. The molecule has 1 saturated heterocycles. The molecular formula is C20H20N4O3. The van der Waals surface area contributed by atoms with E-state index in [2.05, 4.69) is 10.3 Å². The van der Waals surface area contributed by atoms with Gasteiger partial charge in [-0.15, -0.1) is 0 Å². The van der Waals surface area contributed by atoms with Crippen LogP contribution in [0.3, 0.4) is 0 Å². The topological polar surface area (TPSA) is 74.6 Å². The number of nitrogens with zero attached hydrogens (tertiary/aromatic N) is 4. The lowest BCUT2D eigenvalue weighted by atomic mass is 10.1. The van der Waals surface area contributed by atoms with E-state index in [-0.39, 0.29) is 11.8 Å². The molecule has 0 radical (unpaired) electrons. The number of anilines is 2. The minimum absolute atomic E-state index is 0.327. The smallest absolute Gasteiger partial charge is 0.263 e. The van der Waals surface area contributed by atoms with Crippen molar-refractivity contribution in [2.75, 3.05) is 16.5 Å². The first-order valence-corrected chi connectivity index (χ1v) is 8.89. The van der Waals surface area contributed by atoms with Crippen LogP contribution in [0.4, 0.5) is 11.4 Å². The molecule has 7 heteroatoms. The van der Waals surface area contributed by atoms with Crippen LogP contribution in [0.2, 0.25) is 0 Å². The van der Waals surface area contributed by atoms with Crippen LogP contribution >= 0.6 is 0 Å². The maximum Gasteiger partial charge on any atom is 0.263 e. The van der Waals surface area contributed by atoms with Crippen LogP contribution in [-0.4, -0.2) is 30.5 Å². The fourth-order valence-electron chi connectivity index (χ4n) is 3.62. The van der Waals surface area contributed by atoms with Gasteiger partial charge in [0.15, 0.2) is 12.1 Å². The van der Waals surface area contributed by atoms with Crippen molar-refractivity contribution < 1.29 is 14.3 Å². The molecule has 2 amide bonds. The molecule has 4 rings (SSSR count). The number of ether oxygens (including phenoxy) is 1. The van der Waals surface area contributed by atoms with Crippen LogP contribution in [0.15, 0.2) is 52.8 Å². The maximum absolute atomic E-state index is 13.2. The molecule has 2 aliphatic heterocycles. The lowest BCUT2D eigenvalue weighted by molar-refractivity contribution is -0.121. The molecule has 2 aromatic rings. The molecule has 2 heterocycles. The average molecular weight is 364 g/mol. The molecule has 0 saturated carbocycles. The second-order valence-corrected chi connectivity index (χ2v) is 6.70. The number of rotatable bonds is 4. The first kappa shape index (κ1) is 17.2. The van der Waals surface area contributed by atoms with E-state index in [1.54, 1.807) is 0 Å². The van der Waals surface area contributed by atoms with Crippen LogP contribution in [0.1, 0.15) is 18.1 Å². The summed E-state index contributed by atoms with van der Waals surface area (Å²) in [5.41, 5.74) is 3.18. The highest BCUT2D eigenvalue weighted by Gasteiger charge is 2.55. The number of benzene rings is 2. The Morgan fingerprint density at radius 2 is 1.74 bits per heavy atom. The van der Waals surface area contributed by atoms with Crippen LogP contribution in [0.25, 0.3) is 0 Å². The zero-order valence-corrected chi connectivity index (χ0v) is 15.4. The molecule has 0 spiro atoms. The quantitative estimate of drug-likeness (QED) is 0.781. The van der Waals surface area contributed by atoms with E-state index in [1.807, 2.05) is 63.2 Å². The molecular weight excluding hydrogens is 344 g/mol. The van der Waals surface area contributed by atoms with E-state index in [0.717, 1.165) is 11.1 Å². The Morgan fingerprint density at radius 1 is 1.04 bits per heavy atom. The molecule has 0 aromatic heterocycles. The molecule has 2 atom stereocenters. The fraction of sp³-hybridized carbons (Fsp3) is 0.300. The highest BCUT2D eigenvalue weighted by molar-refractivity contribution is 6.26. The Labute approximate surface area is 157 Å². The Bertz CT molecular complexity index is 936. The largest absolute Gasteiger partial charge is 0.492 e. The predicted octanol–water partition coefficient (Wildman–Crippen LogP) is 3.20. The first-order chi connectivity index (χ1) is 13.0. The van der Waals surface area contributed by atoms with E-state index >= 15 is 0 Å². The first-order valence-electron chi connectivity index (χ1n) is 8.89. The van der Waals surface area contributed by atoms with Gasteiger partial charge in [0.25, 0.3) is 11.8 Å². The van der Waals surface area contributed by atoms with Gasteiger partial charge in [-0.3, -0.25) is 9.59 Å². The van der Waals surface area contributed by atoms with Crippen molar-refractivity contribution >= 4 is 23.2 Å². The molecule has 0 bridgehead atoms. The SMILES string of the molecule is CCOc1ccccc1N1N=N[C@@H]2C(=O)N(c3cc(C)cc(C)c3)C(=O)[C@H]21. The summed E-state index contributed by atoms with van der Waals surface area (Å²) in [6, 6.07) is 11.3. The zero-order chi connectivity index (χ0) is 19.1. The summed E-state index contributed by atoms with van der Waals surface area (Å²) in [5.74, 6) is -0.0776. The number of hydrogen-bond acceptors (Lipinski definition) is 6. The number of imide groups is 1. The van der Waals surface area contributed by atoms with Crippen LogP contribution in [-0.2, 0) is 9.59 Å². The van der Waals surface area contributed by atoms with E-state index in [1.165, 1.54) is 9.91 Å². The van der Waals surface area contributed by atoms with Gasteiger partial charge >= 0.3 is 0 Å². The summed E-state index contributed by atoms with van der Waals surface area (Å²) in [5, 5.41) is 9.70. The van der Waals surface area contributed by atoms with Crippen molar-refractivity contribution in [3.63, 3.8) is 0 Å². The monoisotopic (exact) mass is 364 g/mol. The maximum atomic E-state index is 13.2.